The van der Waals surface area contributed by atoms with Gasteiger partial charge in [-0.3, -0.25) is 9.78 Å². The van der Waals surface area contributed by atoms with E-state index in [0.29, 0.717) is 6.54 Å². The number of thiazole rings is 2. The minimum atomic E-state index is -0.00255. The first kappa shape index (κ1) is 10.5. The molecule has 0 spiro atoms. The van der Waals surface area contributed by atoms with Gasteiger partial charge in [-0.05, 0) is 6.92 Å². The first-order valence-corrected chi connectivity index (χ1v) is 6.30. The Morgan fingerprint density at radius 1 is 1.60 bits per heavy atom. The van der Waals surface area contributed by atoms with Crippen molar-refractivity contribution in [3.63, 3.8) is 0 Å². The molecule has 15 heavy (non-hydrogen) atoms. The Kier molecular flexibility index (Phi) is 3.30. The summed E-state index contributed by atoms with van der Waals surface area (Å²) < 4.78 is 0. The molecular formula is C9H11N3OS2. The van der Waals surface area contributed by atoms with E-state index in [1.165, 1.54) is 16.2 Å². The number of nitrogens with zero attached hydrogens (tertiary/aromatic N) is 1. The fraction of sp³-hybridized carbons (Fsp3) is 0.333. The summed E-state index contributed by atoms with van der Waals surface area (Å²) >= 11 is 2.82. The van der Waals surface area contributed by atoms with Crippen molar-refractivity contribution in [1.29, 1.82) is 0 Å². The molecule has 2 rings (SSSR count). The van der Waals surface area contributed by atoms with Gasteiger partial charge in [0.25, 0.3) is 0 Å². The van der Waals surface area contributed by atoms with Gasteiger partial charge in [0.1, 0.15) is 0 Å². The van der Waals surface area contributed by atoms with Crippen molar-refractivity contribution in [2.24, 2.45) is 0 Å². The van der Waals surface area contributed by atoms with E-state index in [1.807, 2.05) is 17.1 Å². The molecule has 1 atom stereocenters. The SMILES string of the molecule is CC(NCc1csc(=O)[nH]1)c1cncs1. The van der Waals surface area contributed by atoms with Crippen LogP contribution in [-0.2, 0) is 6.54 Å². The summed E-state index contributed by atoms with van der Waals surface area (Å²) in [5.74, 6) is 0. The third-order valence-corrected chi connectivity index (χ3v) is 3.72. The van der Waals surface area contributed by atoms with Gasteiger partial charge >= 0.3 is 4.87 Å². The molecule has 0 aromatic carbocycles. The van der Waals surface area contributed by atoms with Crippen molar-refractivity contribution in [2.75, 3.05) is 0 Å². The van der Waals surface area contributed by atoms with E-state index in [1.54, 1.807) is 11.3 Å². The topological polar surface area (TPSA) is 57.8 Å². The first-order valence-electron chi connectivity index (χ1n) is 4.54. The van der Waals surface area contributed by atoms with Crippen molar-refractivity contribution >= 4 is 22.7 Å². The standard InChI is InChI=1S/C9H11N3OS2/c1-6(8-3-10-5-15-8)11-2-7-4-14-9(13)12-7/h3-6,11H,2H2,1H3,(H,12,13). The van der Waals surface area contributed by atoms with Crippen molar-refractivity contribution in [1.82, 2.24) is 15.3 Å². The highest BCUT2D eigenvalue weighted by Gasteiger charge is 2.06. The molecule has 1 unspecified atom stereocenters. The van der Waals surface area contributed by atoms with E-state index in [-0.39, 0.29) is 10.9 Å². The Morgan fingerprint density at radius 2 is 2.47 bits per heavy atom. The molecule has 2 aromatic rings. The van der Waals surface area contributed by atoms with E-state index in [0.717, 1.165) is 5.69 Å². The Labute approximate surface area is 95.0 Å². The largest absolute Gasteiger partial charge is 0.315 e. The minimum Gasteiger partial charge on any atom is -0.315 e. The smallest absolute Gasteiger partial charge is 0.304 e. The zero-order valence-corrected chi connectivity index (χ0v) is 9.82. The van der Waals surface area contributed by atoms with E-state index in [9.17, 15) is 4.79 Å². The van der Waals surface area contributed by atoms with Gasteiger partial charge < -0.3 is 10.3 Å². The number of H-pyrrole nitrogens is 1. The Bertz CT molecular complexity index is 460. The molecule has 4 nitrogen and oxygen atoms in total. The lowest BCUT2D eigenvalue weighted by molar-refractivity contribution is 0.576. The van der Waals surface area contributed by atoms with Gasteiger partial charge in [-0.2, -0.15) is 0 Å². The maximum atomic E-state index is 10.9. The number of nitrogens with one attached hydrogen (secondary N) is 2. The van der Waals surface area contributed by atoms with Crippen molar-refractivity contribution < 1.29 is 0 Å². The lowest BCUT2D eigenvalue weighted by atomic mass is 10.3. The van der Waals surface area contributed by atoms with Crippen LogP contribution < -0.4 is 10.2 Å². The molecule has 2 N–H and O–H groups in total. The van der Waals surface area contributed by atoms with Gasteiger partial charge in [0, 0.05) is 34.7 Å². The number of hydrogen-bond acceptors (Lipinski definition) is 5. The highest BCUT2D eigenvalue weighted by atomic mass is 32.1. The van der Waals surface area contributed by atoms with Crippen LogP contribution in [0.15, 0.2) is 21.9 Å². The number of aromatic nitrogens is 2. The summed E-state index contributed by atoms with van der Waals surface area (Å²) in [6.45, 7) is 2.76. The molecule has 6 heteroatoms. The van der Waals surface area contributed by atoms with Crippen LogP contribution in [0.3, 0.4) is 0 Å². The Hall–Kier alpha value is -0.980. The number of rotatable bonds is 4. The van der Waals surface area contributed by atoms with Gasteiger partial charge in [0.15, 0.2) is 0 Å². The van der Waals surface area contributed by atoms with Crippen LogP contribution in [0.25, 0.3) is 0 Å². The van der Waals surface area contributed by atoms with Gasteiger partial charge in [-0.1, -0.05) is 11.3 Å². The fourth-order valence-electron chi connectivity index (χ4n) is 1.20. The predicted molar refractivity (Wildman–Crippen MR) is 62.3 cm³/mol. The van der Waals surface area contributed by atoms with Crippen LogP contribution >= 0.6 is 22.7 Å². The molecular weight excluding hydrogens is 230 g/mol. The zero-order valence-electron chi connectivity index (χ0n) is 8.19. The van der Waals surface area contributed by atoms with Crippen LogP contribution in [0, 0.1) is 0 Å². The number of aromatic amines is 1. The van der Waals surface area contributed by atoms with E-state index < -0.39 is 0 Å². The number of hydrogen-bond donors (Lipinski definition) is 2. The van der Waals surface area contributed by atoms with E-state index in [2.05, 4.69) is 22.2 Å². The second-order valence-electron chi connectivity index (χ2n) is 3.18. The lowest BCUT2D eigenvalue weighted by Crippen LogP contribution is -2.17. The molecule has 0 bridgehead atoms. The van der Waals surface area contributed by atoms with Gasteiger partial charge in [0.2, 0.25) is 0 Å². The molecule has 0 fully saturated rings. The van der Waals surface area contributed by atoms with Crippen LogP contribution in [0.1, 0.15) is 23.5 Å². The minimum absolute atomic E-state index is 0.00255. The predicted octanol–water partition coefficient (Wildman–Crippen LogP) is 1.74. The van der Waals surface area contributed by atoms with Crippen LogP contribution in [0.5, 0.6) is 0 Å². The quantitative estimate of drug-likeness (QED) is 0.857. The maximum absolute atomic E-state index is 10.9. The van der Waals surface area contributed by atoms with E-state index in [4.69, 9.17) is 0 Å². The first-order chi connectivity index (χ1) is 7.25. The van der Waals surface area contributed by atoms with Crippen molar-refractivity contribution in [2.45, 2.75) is 19.5 Å². The van der Waals surface area contributed by atoms with Crippen molar-refractivity contribution in [3.8, 4) is 0 Å². The summed E-state index contributed by atoms with van der Waals surface area (Å²) in [4.78, 5) is 18.9. The van der Waals surface area contributed by atoms with Gasteiger partial charge in [-0.25, -0.2) is 0 Å². The summed E-state index contributed by atoms with van der Waals surface area (Å²) in [7, 11) is 0. The molecule has 0 saturated carbocycles. The molecule has 0 radical (unpaired) electrons. The molecule has 0 aliphatic rings. The van der Waals surface area contributed by atoms with Gasteiger partial charge in [0.05, 0.1) is 5.51 Å². The fourth-order valence-corrected chi connectivity index (χ4v) is 2.44. The molecule has 0 aliphatic carbocycles. The molecule has 0 saturated heterocycles. The average molecular weight is 241 g/mol. The third kappa shape index (κ3) is 2.74. The van der Waals surface area contributed by atoms with Gasteiger partial charge in [-0.15, -0.1) is 11.3 Å². The Balaban J connectivity index is 1.91. The van der Waals surface area contributed by atoms with Crippen LogP contribution in [0.4, 0.5) is 0 Å². The average Bonchev–Trinajstić information content (AvgIpc) is 2.84. The lowest BCUT2D eigenvalue weighted by Gasteiger charge is -2.09. The Morgan fingerprint density at radius 3 is 3.07 bits per heavy atom. The summed E-state index contributed by atoms with van der Waals surface area (Å²) in [5, 5.41) is 5.16. The zero-order chi connectivity index (χ0) is 10.7. The summed E-state index contributed by atoms with van der Waals surface area (Å²) in [5.41, 5.74) is 2.75. The van der Waals surface area contributed by atoms with Crippen LogP contribution in [-0.4, -0.2) is 9.97 Å². The summed E-state index contributed by atoms with van der Waals surface area (Å²) in [6, 6.07) is 0.265. The third-order valence-electron chi connectivity index (χ3n) is 2.05. The molecule has 2 heterocycles. The summed E-state index contributed by atoms with van der Waals surface area (Å²) in [6.07, 6.45) is 1.86. The second kappa shape index (κ2) is 4.69. The highest BCUT2D eigenvalue weighted by molar-refractivity contribution is 7.09. The maximum Gasteiger partial charge on any atom is 0.304 e. The van der Waals surface area contributed by atoms with Crippen molar-refractivity contribution in [3.05, 3.63) is 37.3 Å². The monoisotopic (exact) mass is 241 g/mol. The highest BCUT2D eigenvalue weighted by Crippen LogP contribution is 2.16. The van der Waals surface area contributed by atoms with Crippen LogP contribution in [0.2, 0.25) is 0 Å². The molecule has 0 aliphatic heterocycles. The molecule has 80 valence electrons. The molecule has 2 aromatic heterocycles. The second-order valence-corrected chi connectivity index (χ2v) is 4.94. The molecule has 0 amide bonds. The normalized spacial score (nSPS) is 12.9. The van der Waals surface area contributed by atoms with E-state index >= 15 is 0 Å².